The zero-order chi connectivity index (χ0) is 16.4. The highest BCUT2D eigenvalue weighted by Crippen LogP contribution is 2.21. The molecule has 23 heavy (non-hydrogen) atoms. The van der Waals surface area contributed by atoms with Crippen LogP contribution in [0.1, 0.15) is 6.42 Å². The lowest BCUT2D eigenvalue weighted by Gasteiger charge is -2.13. The maximum Gasteiger partial charge on any atom is 0.292 e. The standard InChI is InChI=1S/C15H16ClN3O3S/c16-14-13(17-8-11-6-7-23(21,22)10-11)9-18-19(15(14)20)12-4-2-1-3-5-12/h1-5,9,11,17H,6-8,10H2. The fraction of sp³-hybridized carbons (Fsp3) is 0.333. The van der Waals surface area contributed by atoms with Crippen molar-refractivity contribution in [2.75, 3.05) is 23.4 Å². The maximum atomic E-state index is 12.3. The third kappa shape index (κ3) is 3.56. The molecule has 1 N–H and O–H groups in total. The van der Waals surface area contributed by atoms with Crippen LogP contribution >= 0.6 is 11.6 Å². The highest BCUT2D eigenvalue weighted by molar-refractivity contribution is 7.91. The van der Waals surface area contributed by atoms with E-state index in [1.54, 1.807) is 12.1 Å². The summed E-state index contributed by atoms with van der Waals surface area (Å²) in [4.78, 5) is 12.3. The molecule has 1 saturated heterocycles. The summed E-state index contributed by atoms with van der Waals surface area (Å²) in [6, 6.07) is 9.00. The Morgan fingerprint density at radius 1 is 1.30 bits per heavy atom. The zero-order valence-corrected chi connectivity index (χ0v) is 13.8. The quantitative estimate of drug-likeness (QED) is 0.905. The van der Waals surface area contributed by atoms with E-state index in [0.29, 0.717) is 24.3 Å². The van der Waals surface area contributed by atoms with E-state index in [2.05, 4.69) is 10.4 Å². The average Bonchev–Trinajstić information content (AvgIpc) is 2.89. The minimum absolute atomic E-state index is 0.0348. The summed E-state index contributed by atoms with van der Waals surface area (Å²) in [5.41, 5.74) is 0.642. The first-order valence-electron chi connectivity index (χ1n) is 7.24. The number of sulfone groups is 1. The number of anilines is 1. The van der Waals surface area contributed by atoms with Gasteiger partial charge in [-0.25, -0.2) is 8.42 Å². The van der Waals surface area contributed by atoms with Crippen LogP contribution in [-0.2, 0) is 9.84 Å². The summed E-state index contributed by atoms with van der Waals surface area (Å²) in [5, 5.41) is 7.21. The van der Waals surface area contributed by atoms with E-state index in [4.69, 9.17) is 11.6 Å². The van der Waals surface area contributed by atoms with Crippen LogP contribution in [0, 0.1) is 5.92 Å². The Morgan fingerprint density at radius 3 is 2.70 bits per heavy atom. The summed E-state index contributed by atoms with van der Waals surface area (Å²) < 4.78 is 24.1. The Labute approximate surface area is 139 Å². The van der Waals surface area contributed by atoms with E-state index in [0.717, 1.165) is 0 Å². The van der Waals surface area contributed by atoms with Crippen molar-refractivity contribution in [1.82, 2.24) is 9.78 Å². The fourth-order valence-corrected chi connectivity index (χ4v) is 4.65. The smallest absolute Gasteiger partial charge is 0.292 e. The molecular weight excluding hydrogens is 338 g/mol. The third-order valence-electron chi connectivity index (χ3n) is 3.83. The van der Waals surface area contributed by atoms with Crippen molar-refractivity contribution < 1.29 is 8.42 Å². The van der Waals surface area contributed by atoms with Crippen LogP contribution in [0.15, 0.2) is 41.3 Å². The van der Waals surface area contributed by atoms with Gasteiger partial charge in [-0.3, -0.25) is 4.79 Å². The number of rotatable bonds is 4. The first kappa shape index (κ1) is 16.0. The van der Waals surface area contributed by atoms with E-state index < -0.39 is 15.4 Å². The predicted molar refractivity (Wildman–Crippen MR) is 90.1 cm³/mol. The molecule has 1 aliphatic heterocycles. The summed E-state index contributed by atoms with van der Waals surface area (Å²) in [6.45, 7) is 0.454. The van der Waals surface area contributed by atoms with E-state index in [-0.39, 0.29) is 22.4 Å². The Bertz CT molecular complexity index is 865. The Hall–Kier alpha value is -1.86. The Balaban J connectivity index is 1.77. The second kappa shape index (κ2) is 6.33. The number of hydrogen-bond acceptors (Lipinski definition) is 5. The number of aromatic nitrogens is 2. The minimum atomic E-state index is -2.92. The molecule has 6 nitrogen and oxygen atoms in total. The molecule has 3 rings (SSSR count). The van der Waals surface area contributed by atoms with Gasteiger partial charge in [0, 0.05) is 6.54 Å². The molecule has 0 aliphatic carbocycles. The van der Waals surface area contributed by atoms with Crippen LogP contribution in [-0.4, -0.2) is 36.2 Å². The normalized spacial score (nSPS) is 19.6. The minimum Gasteiger partial charge on any atom is -0.382 e. The molecule has 2 aromatic rings. The van der Waals surface area contributed by atoms with Gasteiger partial charge in [-0.2, -0.15) is 9.78 Å². The molecule has 0 amide bonds. The van der Waals surface area contributed by atoms with Crippen LogP contribution in [0.25, 0.3) is 5.69 Å². The van der Waals surface area contributed by atoms with Crippen molar-refractivity contribution in [3.8, 4) is 5.69 Å². The third-order valence-corrected chi connectivity index (χ3v) is 6.03. The average molecular weight is 354 g/mol. The van der Waals surface area contributed by atoms with E-state index in [1.807, 2.05) is 18.2 Å². The number of halogens is 1. The monoisotopic (exact) mass is 353 g/mol. The summed E-state index contributed by atoms with van der Waals surface area (Å²) in [5.74, 6) is 0.431. The molecule has 1 fully saturated rings. The molecule has 0 saturated carbocycles. The number of nitrogens with one attached hydrogen (secondary N) is 1. The number of nitrogens with zero attached hydrogens (tertiary/aromatic N) is 2. The molecule has 8 heteroatoms. The van der Waals surface area contributed by atoms with Crippen molar-refractivity contribution in [3.63, 3.8) is 0 Å². The van der Waals surface area contributed by atoms with Crippen LogP contribution in [0.5, 0.6) is 0 Å². The van der Waals surface area contributed by atoms with Gasteiger partial charge < -0.3 is 5.32 Å². The van der Waals surface area contributed by atoms with Crippen molar-refractivity contribution in [1.29, 1.82) is 0 Å². The highest BCUT2D eigenvalue weighted by atomic mass is 35.5. The van der Waals surface area contributed by atoms with Gasteiger partial charge >= 0.3 is 0 Å². The lowest BCUT2D eigenvalue weighted by molar-refractivity contribution is 0.596. The van der Waals surface area contributed by atoms with Gasteiger partial charge in [-0.05, 0) is 24.5 Å². The van der Waals surface area contributed by atoms with Crippen LogP contribution in [0.2, 0.25) is 5.02 Å². The van der Waals surface area contributed by atoms with Crippen LogP contribution in [0.3, 0.4) is 0 Å². The first-order valence-corrected chi connectivity index (χ1v) is 9.44. The Morgan fingerprint density at radius 2 is 2.04 bits per heavy atom. The lowest BCUT2D eigenvalue weighted by Crippen LogP contribution is -2.24. The highest BCUT2D eigenvalue weighted by Gasteiger charge is 2.27. The van der Waals surface area contributed by atoms with E-state index in [1.165, 1.54) is 10.9 Å². The molecule has 122 valence electrons. The van der Waals surface area contributed by atoms with Crippen molar-refractivity contribution >= 4 is 27.1 Å². The molecule has 0 radical (unpaired) electrons. The molecule has 1 unspecified atom stereocenters. The molecule has 1 atom stereocenters. The van der Waals surface area contributed by atoms with Gasteiger partial charge in [0.15, 0.2) is 9.84 Å². The van der Waals surface area contributed by atoms with E-state index >= 15 is 0 Å². The summed E-state index contributed by atoms with van der Waals surface area (Å²) in [6.07, 6.45) is 2.11. The lowest BCUT2D eigenvalue weighted by atomic mass is 10.1. The predicted octanol–water partition coefficient (Wildman–Crippen LogP) is 1.73. The topological polar surface area (TPSA) is 81.1 Å². The zero-order valence-electron chi connectivity index (χ0n) is 12.3. The SMILES string of the molecule is O=c1c(Cl)c(NCC2CCS(=O)(=O)C2)cnn1-c1ccccc1. The van der Waals surface area contributed by atoms with Gasteiger partial charge in [0.1, 0.15) is 5.02 Å². The van der Waals surface area contributed by atoms with Crippen LogP contribution in [0.4, 0.5) is 5.69 Å². The second-order valence-corrected chi connectivity index (χ2v) is 8.18. The van der Waals surface area contributed by atoms with Gasteiger partial charge in [0.25, 0.3) is 5.56 Å². The van der Waals surface area contributed by atoms with Crippen molar-refractivity contribution in [2.45, 2.75) is 6.42 Å². The molecule has 1 aromatic heterocycles. The number of para-hydroxylation sites is 1. The maximum absolute atomic E-state index is 12.3. The molecule has 1 aromatic carbocycles. The second-order valence-electron chi connectivity index (χ2n) is 5.57. The first-order chi connectivity index (χ1) is 11.0. The van der Waals surface area contributed by atoms with Crippen molar-refractivity contribution in [2.24, 2.45) is 5.92 Å². The Kier molecular flexibility index (Phi) is 4.41. The molecular formula is C15H16ClN3O3S. The van der Waals surface area contributed by atoms with Gasteiger partial charge in [-0.1, -0.05) is 29.8 Å². The fourth-order valence-electron chi connectivity index (χ4n) is 2.60. The van der Waals surface area contributed by atoms with E-state index in [9.17, 15) is 13.2 Å². The van der Waals surface area contributed by atoms with Crippen LogP contribution < -0.4 is 10.9 Å². The van der Waals surface area contributed by atoms with Gasteiger partial charge in [0.2, 0.25) is 0 Å². The van der Waals surface area contributed by atoms with Gasteiger partial charge in [0.05, 0.1) is 29.1 Å². The number of hydrogen-bond donors (Lipinski definition) is 1. The van der Waals surface area contributed by atoms with Crippen molar-refractivity contribution in [3.05, 3.63) is 51.9 Å². The van der Waals surface area contributed by atoms with Gasteiger partial charge in [-0.15, -0.1) is 0 Å². The summed E-state index contributed by atoms with van der Waals surface area (Å²) >= 11 is 6.14. The molecule has 0 bridgehead atoms. The molecule has 0 spiro atoms. The number of benzene rings is 1. The largest absolute Gasteiger partial charge is 0.382 e. The molecule has 2 heterocycles. The molecule has 1 aliphatic rings. The summed E-state index contributed by atoms with van der Waals surface area (Å²) in [7, 11) is -2.92.